The van der Waals surface area contributed by atoms with Crippen LogP contribution in [0.3, 0.4) is 0 Å². The molecule has 0 spiro atoms. The van der Waals surface area contributed by atoms with E-state index >= 15 is 0 Å². The molecule has 0 unspecified atom stereocenters. The Balaban J connectivity index is 2.08. The van der Waals surface area contributed by atoms with Crippen LogP contribution < -0.4 is 15.0 Å². The van der Waals surface area contributed by atoms with Crippen molar-refractivity contribution in [1.82, 2.24) is 14.5 Å². The minimum absolute atomic E-state index is 0.0226. The molecule has 1 aromatic carbocycles. The SMILES string of the molecule is COc1cc(OC)c(Cl)c(-c2cc3cnc(Cl)nc3c(=O)n2CC2CC2)c1Cl. The van der Waals surface area contributed by atoms with Gasteiger partial charge in [-0.3, -0.25) is 4.79 Å². The number of nitrogens with zero attached hydrogens (tertiary/aromatic N) is 3. The average molecular weight is 441 g/mol. The molecule has 28 heavy (non-hydrogen) atoms. The van der Waals surface area contributed by atoms with Crippen molar-refractivity contribution in [2.24, 2.45) is 5.92 Å². The largest absolute Gasteiger partial charge is 0.495 e. The Morgan fingerprint density at radius 2 is 1.75 bits per heavy atom. The molecule has 0 radical (unpaired) electrons. The first kappa shape index (κ1) is 19.3. The lowest BCUT2D eigenvalue weighted by atomic mass is 10.1. The van der Waals surface area contributed by atoms with Gasteiger partial charge in [-0.15, -0.1) is 0 Å². The van der Waals surface area contributed by atoms with Crippen LogP contribution in [0.4, 0.5) is 0 Å². The van der Waals surface area contributed by atoms with E-state index < -0.39 is 0 Å². The highest BCUT2D eigenvalue weighted by Gasteiger charge is 2.27. The number of methoxy groups -OCH3 is 2. The van der Waals surface area contributed by atoms with Crippen molar-refractivity contribution in [3.05, 3.63) is 44.0 Å². The lowest BCUT2D eigenvalue weighted by molar-refractivity contribution is 0.395. The van der Waals surface area contributed by atoms with Crippen molar-refractivity contribution in [2.45, 2.75) is 19.4 Å². The second-order valence-electron chi connectivity index (χ2n) is 6.62. The van der Waals surface area contributed by atoms with Gasteiger partial charge in [-0.05, 0) is 36.4 Å². The highest BCUT2D eigenvalue weighted by Crippen LogP contribution is 2.46. The molecule has 146 valence electrons. The normalized spacial score (nSPS) is 13.8. The summed E-state index contributed by atoms with van der Waals surface area (Å²) in [6.45, 7) is 0.540. The van der Waals surface area contributed by atoms with Gasteiger partial charge in [0.05, 0.1) is 30.0 Å². The van der Waals surface area contributed by atoms with Crippen LogP contribution >= 0.6 is 34.8 Å². The zero-order valence-corrected chi connectivity index (χ0v) is 17.4. The summed E-state index contributed by atoms with van der Waals surface area (Å²) in [6, 6.07) is 3.41. The van der Waals surface area contributed by atoms with Crippen LogP contribution in [0.15, 0.2) is 23.1 Å². The number of hydrogen-bond acceptors (Lipinski definition) is 5. The van der Waals surface area contributed by atoms with E-state index in [0.29, 0.717) is 50.7 Å². The lowest BCUT2D eigenvalue weighted by Crippen LogP contribution is -2.24. The molecule has 2 heterocycles. The van der Waals surface area contributed by atoms with Crippen LogP contribution in [0.2, 0.25) is 15.3 Å². The van der Waals surface area contributed by atoms with Crippen molar-refractivity contribution in [1.29, 1.82) is 0 Å². The summed E-state index contributed by atoms with van der Waals surface area (Å²) in [5.41, 5.74) is 1.01. The van der Waals surface area contributed by atoms with E-state index in [1.807, 2.05) is 0 Å². The first-order chi connectivity index (χ1) is 13.4. The van der Waals surface area contributed by atoms with Gasteiger partial charge in [0.25, 0.3) is 5.56 Å². The minimum atomic E-state index is -0.266. The van der Waals surface area contributed by atoms with Crippen molar-refractivity contribution in [2.75, 3.05) is 14.2 Å². The number of hydrogen-bond donors (Lipinski definition) is 0. The molecular weight excluding hydrogens is 425 g/mol. The Labute approximate surface area is 176 Å². The summed E-state index contributed by atoms with van der Waals surface area (Å²) in [7, 11) is 3.01. The van der Waals surface area contributed by atoms with Crippen LogP contribution in [-0.4, -0.2) is 28.8 Å². The van der Waals surface area contributed by atoms with Gasteiger partial charge >= 0.3 is 0 Å². The van der Waals surface area contributed by atoms with Gasteiger partial charge < -0.3 is 14.0 Å². The van der Waals surface area contributed by atoms with Crippen molar-refractivity contribution in [3.63, 3.8) is 0 Å². The van der Waals surface area contributed by atoms with Crippen molar-refractivity contribution in [3.8, 4) is 22.8 Å². The van der Waals surface area contributed by atoms with E-state index in [1.165, 1.54) is 20.4 Å². The molecule has 0 aliphatic heterocycles. The second-order valence-corrected chi connectivity index (χ2v) is 7.71. The van der Waals surface area contributed by atoms with Crippen LogP contribution in [0.25, 0.3) is 22.2 Å². The average Bonchev–Trinajstić information content (AvgIpc) is 3.50. The van der Waals surface area contributed by atoms with Crippen LogP contribution in [0, 0.1) is 5.92 Å². The molecule has 0 N–H and O–H groups in total. The standard InChI is InChI=1S/C19H16Cl3N3O3/c1-27-12-6-13(28-2)16(21)14(15(12)20)11-5-10-7-23-19(22)24-17(10)18(26)25(11)8-9-3-4-9/h5-7,9H,3-4,8H2,1-2H3. The quantitative estimate of drug-likeness (QED) is 0.531. The highest BCUT2D eigenvalue weighted by molar-refractivity contribution is 6.41. The second kappa shape index (κ2) is 7.43. The maximum atomic E-state index is 13.2. The lowest BCUT2D eigenvalue weighted by Gasteiger charge is -2.19. The summed E-state index contributed by atoms with van der Waals surface area (Å²) in [5, 5.41) is 1.16. The van der Waals surface area contributed by atoms with Gasteiger partial charge in [-0.2, -0.15) is 0 Å². The summed E-state index contributed by atoms with van der Waals surface area (Å²) >= 11 is 19.1. The molecule has 0 saturated heterocycles. The summed E-state index contributed by atoms with van der Waals surface area (Å²) < 4.78 is 12.4. The summed E-state index contributed by atoms with van der Waals surface area (Å²) in [6.07, 6.45) is 3.64. The highest BCUT2D eigenvalue weighted by atomic mass is 35.5. The van der Waals surface area contributed by atoms with Crippen molar-refractivity contribution < 1.29 is 9.47 Å². The van der Waals surface area contributed by atoms with E-state index in [1.54, 1.807) is 16.7 Å². The smallest absolute Gasteiger partial charge is 0.277 e. The Morgan fingerprint density at radius 3 is 2.32 bits per heavy atom. The first-order valence-electron chi connectivity index (χ1n) is 8.61. The molecule has 1 aliphatic rings. The fraction of sp³-hybridized carbons (Fsp3) is 0.316. The van der Waals surface area contributed by atoms with E-state index in [2.05, 4.69) is 9.97 Å². The molecule has 9 heteroatoms. The summed E-state index contributed by atoms with van der Waals surface area (Å²) in [5.74, 6) is 1.22. The third-order valence-corrected chi connectivity index (χ3v) is 5.72. The maximum absolute atomic E-state index is 13.2. The zero-order valence-electron chi connectivity index (χ0n) is 15.1. The van der Waals surface area contributed by atoms with Crippen molar-refractivity contribution >= 4 is 45.7 Å². The monoisotopic (exact) mass is 439 g/mol. The number of fused-ring (bicyclic) bond motifs is 1. The predicted octanol–water partition coefficient (Wildman–Crippen LogP) is 4.85. The van der Waals surface area contributed by atoms with E-state index in [-0.39, 0.29) is 16.4 Å². The fourth-order valence-corrected chi connectivity index (χ4v) is 3.99. The molecule has 4 rings (SSSR count). The number of rotatable bonds is 5. The van der Waals surface area contributed by atoms with Gasteiger partial charge in [0, 0.05) is 29.8 Å². The molecule has 0 amide bonds. The number of aromatic nitrogens is 3. The van der Waals surface area contributed by atoms with E-state index in [4.69, 9.17) is 44.3 Å². The molecule has 2 aromatic heterocycles. The molecule has 0 atom stereocenters. The number of benzene rings is 1. The van der Waals surface area contributed by atoms with Gasteiger partial charge in [0.2, 0.25) is 5.28 Å². The van der Waals surface area contributed by atoms with Gasteiger partial charge in [-0.1, -0.05) is 23.2 Å². The topological polar surface area (TPSA) is 66.2 Å². The molecule has 0 bridgehead atoms. The van der Waals surface area contributed by atoms with E-state index in [9.17, 15) is 4.79 Å². The third-order valence-electron chi connectivity index (χ3n) is 4.79. The zero-order chi connectivity index (χ0) is 20.0. The number of ether oxygens (including phenoxy) is 2. The van der Waals surface area contributed by atoms with Crippen LogP contribution in [0.1, 0.15) is 12.8 Å². The van der Waals surface area contributed by atoms with Gasteiger partial charge in [-0.25, -0.2) is 9.97 Å². The Kier molecular flexibility index (Phi) is 5.12. The molecule has 6 nitrogen and oxygen atoms in total. The number of pyridine rings is 1. The van der Waals surface area contributed by atoms with E-state index in [0.717, 1.165) is 12.8 Å². The molecule has 1 aliphatic carbocycles. The predicted molar refractivity (Wildman–Crippen MR) is 110 cm³/mol. The Hall–Kier alpha value is -2.02. The Bertz CT molecular complexity index is 1110. The van der Waals surface area contributed by atoms with Crippen LogP contribution in [0.5, 0.6) is 11.5 Å². The summed E-state index contributed by atoms with van der Waals surface area (Å²) in [4.78, 5) is 21.3. The molecule has 3 aromatic rings. The van der Waals surface area contributed by atoms with Crippen LogP contribution in [-0.2, 0) is 6.54 Å². The Morgan fingerprint density at radius 1 is 1.11 bits per heavy atom. The van der Waals surface area contributed by atoms with Gasteiger partial charge in [0.15, 0.2) is 0 Å². The third kappa shape index (κ3) is 3.30. The number of halogens is 3. The van der Waals surface area contributed by atoms with Gasteiger partial charge in [0.1, 0.15) is 17.0 Å². The molecule has 1 saturated carbocycles. The fourth-order valence-electron chi connectivity index (χ4n) is 3.17. The maximum Gasteiger partial charge on any atom is 0.277 e. The molecule has 1 fully saturated rings. The minimum Gasteiger partial charge on any atom is -0.495 e. The first-order valence-corrected chi connectivity index (χ1v) is 9.74. The molecular formula is C19H16Cl3N3O3.